The molecular formula is C20H26FN3O2S. The third-order valence-electron chi connectivity index (χ3n) is 5.48. The molecule has 1 saturated carbocycles. The number of thioether (sulfide) groups is 1. The normalized spacial score (nSPS) is 22.2. The maximum atomic E-state index is 13.3. The van der Waals surface area contributed by atoms with Crippen LogP contribution in [0.25, 0.3) is 11.4 Å². The van der Waals surface area contributed by atoms with Gasteiger partial charge >= 0.3 is 0 Å². The van der Waals surface area contributed by atoms with Crippen LogP contribution < -0.4 is 0 Å². The second kappa shape index (κ2) is 8.29. The van der Waals surface area contributed by atoms with Gasteiger partial charge in [0.1, 0.15) is 5.82 Å². The van der Waals surface area contributed by atoms with Crippen LogP contribution in [0.5, 0.6) is 0 Å². The number of hydrogen-bond acceptors (Lipinski definition) is 5. The highest BCUT2D eigenvalue weighted by molar-refractivity contribution is 7.99. The van der Waals surface area contributed by atoms with Crippen molar-refractivity contribution in [3.05, 3.63) is 30.1 Å². The number of aliphatic hydroxyl groups is 1. The summed E-state index contributed by atoms with van der Waals surface area (Å²) in [5.74, 6) is 1.08. The monoisotopic (exact) mass is 391 g/mol. The van der Waals surface area contributed by atoms with Crippen molar-refractivity contribution in [1.29, 1.82) is 0 Å². The molecule has 7 heteroatoms. The molecule has 1 aromatic carbocycles. The van der Waals surface area contributed by atoms with Crippen molar-refractivity contribution in [2.75, 3.05) is 12.4 Å². The van der Waals surface area contributed by atoms with E-state index >= 15 is 0 Å². The van der Waals surface area contributed by atoms with E-state index in [0.29, 0.717) is 12.3 Å². The van der Waals surface area contributed by atoms with Gasteiger partial charge in [0.05, 0.1) is 18.2 Å². The predicted molar refractivity (Wildman–Crippen MR) is 103 cm³/mol. The average Bonchev–Trinajstić information content (AvgIpc) is 3.32. The fourth-order valence-electron chi connectivity index (χ4n) is 3.92. The van der Waals surface area contributed by atoms with Gasteiger partial charge in [-0.15, -0.1) is 10.2 Å². The molecule has 2 heterocycles. The van der Waals surface area contributed by atoms with Crippen molar-refractivity contribution < 1.29 is 14.2 Å². The Hall–Kier alpha value is -1.44. The molecule has 5 nitrogen and oxygen atoms in total. The van der Waals surface area contributed by atoms with Crippen molar-refractivity contribution in [3.8, 4) is 11.4 Å². The summed E-state index contributed by atoms with van der Waals surface area (Å²) in [5, 5.41) is 20.4. The summed E-state index contributed by atoms with van der Waals surface area (Å²) < 4.78 is 21.2. The highest BCUT2D eigenvalue weighted by atomic mass is 32.2. The number of aromatic nitrogens is 3. The van der Waals surface area contributed by atoms with Crippen LogP contribution in [-0.4, -0.2) is 43.9 Å². The Bertz CT molecular complexity index is 753. The van der Waals surface area contributed by atoms with E-state index in [-0.39, 0.29) is 11.9 Å². The van der Waals surface area contributed by atoms with Crippen molar-refractivity contribution in [3.63, 3.8) is 0 Å². The first-order chi connectivity index (χ1) is 13.1. The number of ether oxygens (including phenoxy) is 1. The van der Waals surface area contributed by atoms with E-state index in [9.17, 15) is 9.50 Å². The molecule has 27 heavy (non-hydrogen) atoms. The standard InChI is InChI=1S/C20H26FN3O2S/c21-16-8-6-15(7-9-16)18-22-23-19(24(18)13-17-5-4-12-26-17)27-14-20(25)10-2-1-3-11-20/h6-9,17,25H,1-5,10-14H2/t17-/m0/s1. The molecule has 0 amide bonds. The molecule has 2 fully saturated rings. The minimum Gasteiger partial charge on any atom is -0.389 e. The zero-order chi connectivity index (χ0) is 18.7. The number of rotatable bonds is 6. The summed E-state index contributed by atoms with van der Waals surface area (Å²) in [6.07, 6.45) is 7.32. The number of nitrogens with zero attached hydrogens (tertiary/aromatic N) is 3. The van der Waals surface area contributed by atoms with Crippen LogP contribution in [0.3, 0.4) is 0 Å². The highest BCUT2D eigenvalue weighted by Gasteiger charge is 2.30. The Morgan fingerprint density at radius 1 is 1.15 bits per heavy atom. The van der Waals surface area contributed by atoms with Crippen molar-refractivity contribution >= 4 is 11.8 Å². The Morgan fingerprint density at radius 3 is 2.63 bits per heavy atom. The fourth-order valence-corrected chi connectivity index (χ4v) is 5.02. The molecule has 1 N–H and O–H groups in total. The van der Waals surface area contributed by atoms with Crippen LogP contribution in [-0.2, 0) is 11.3 Å². The second-order valence-electron chi connectivity index (χ2n) is 7.63. The van der Waals surface area contributed by atoms with Gasteiger partial charge in [-0.25, -0.2) is 4.39 Å². The third kappa shape index (κ3) is 4.52. The minimum atomic E-state index is -0.612. The van der Waals surface area contributed by atoms with Crippen LogP contribution in [0, 0.1) is 5.82 Å². The first kappa shape index (κ1) is 18.9. The van der Waals surface area contributed by atoms with Gasteiger partial charge in [0.2, 0.25) is 0 Å². The van der Waals surface area contributed by atoms with Gasteiger partial charge in [-0.1, -0.05) is 31.0 Å². The van der Waals surface area contributed by atoms with Crippen LogP contribution in [0.1, 0.15) is 44.9 Å². The Labute approximate surface area is 163 Å². The van der Waals surface area contributed by atoms with Gasteiger partial charge < -0.3 is 9.84 Å². The van der Waals surface area contributed by atoms with Gasteiger partial charge in [0, 0.05) is 17.9 Å². The molecule has 2 aliphatic rings. The van der Waals surface area contributed by atoms with Gasteiger partial charge in [-0.2, -0.15) is 0 Å². The Balaban J connectivity index is 1.57. The first-order valence-corrected chi connectivity index (χ1v) is 10.8. The molecular weight excluding hydrogens is 365 g/mol. The zero-order valence-electron chi connectivity index (χ0n) is 15.4. The van der Waals surface area contributed by atoms with E-state index < -0.39 is 5.60 Å². The molecule has 146 valence electrons. The van der Waals surface area contributed by atoms with Crippen molar-refractivity contribution in [1.82, 2.24) is 14.8 Å². The summed E-state index contributed by atoms with van der Waals surface area (Å²) in [4.78, 5) is 0. The molecule has 2 aromatic rings. The van der Waals surface area contributed by atoms with Gasteiger partial charge in [-0.3, -0.25) is 4.57 Å². The highest BCUT2D eigenvalue weighted by Crippen LogP contribution is 2.34. The topological polar surface area (TPSA) is 60.2 Å². The maximum absolute atomic E-state index is 13.3. The Kier molecular flexibility index (Phi) is 5.80. The average molecular weight is 392 g/mol. The molecule has 1 aliphatic carbocycles. The van der Waals surface area contributed by atoms with E-state index in [1.54, 1.807) is 23.9 Å². The smallest absolute Gasteiger partial charge is 0.191 e. The van der Waals surface area contributed by atoms with Crippen LogP contribution in [0.4, 0.5) is 4.39 Å². The molecule has 0 radical (unpaired) electrons. The van der Waals surface area contributed by atoms with Gasteiger partial charge in [0.15, 0.2) is 11.0 Å². The molecule has 0 unspecified atom stereocenters. The molecule has 1 atom stereocenters. The van der Waals surface area contributed by atoms with Crippen LogP contribution >= 0.6 is 11.8 Å². The van der Waals surface area contributed by atoms with Crippen LogP contribution in [0.2, 0.25) is 0 Å². The van der Waals surface area contributed by atoms with Crippen LogP contribution in [0.15, 0.2) is 29.4 Å². The van der Waals surface area contributed by atoms with E-state index in [4.69, 9.17) is 4.74 Å². The zero-order valence-corrected chi connectivity index (χ0v) is 16.3. The second-order valence-corrected chi connectivity index (χ2v) is 8.57. The SMILES string of the molecule is OC1(CSc2nnc(-c3ccc(F)cc3)n2C[C@@H]2CCCO2)CCCCC1. The maximum Gasteiger partial charge on any atom is 0.191 e. The molecule has 0 bridgehead atoms. The fraction of sp³-hybridized carbons (Fsp3) is 0.600. The van der Waals surface area contributed by atoms with E-state index in [0.717, 1.165) is 61.7 Å². The molecule has 1 aromatic heterocycles. The molecule has 4 rings (SSSR count). The molecule has 0 spiro atoms. The third-order valence-corrected chi connectivity index (χ3v) is 6.73. The lowest BCUT2D eigenvalue weighted by Crippen LogP contribution is -2.34. The minimum absolute atomic E-state index is 0.150. The first-order valence-electron chi connectivity index (χ1n) is 9.79. The number of hydrogen-bond donors (Lipinski definition) is 1. The van der Waals surface area contributed by atoms with Gasteiger partial charge in [-0.05, 0) is 49.9 Å². The molecule has 1 aliphatic heterocycles. The number of halogens is 1. The van der Waals surface area contributed by atoms with E-state index in [1.165, 1.54) is 18.6 Å². The quantitative estimate of drug-likeness (QED) is 0.753. The number of benzene rings is 1. The van der Waals surface area contributed by atoms with E-state index in [1.807, 2.05) is 0 Å². The van der Waals surface area contributed by atoms with E-state index in [2.05, 4.69) is 14.8 Å². The van der Waals surface area contributed by atoms with Gasteiger partial charge in [0.25, 0.3) is 0 Å². The lowest BCUT2D eigenvalue weighted by atomic mass is 9.86. The summed E-state index contributed by atoms with van der Waals surface area (Å²) in [6, 6.07) is 6.35. The van der Waals surface area contributed by atoms with Crippen molar-refractivity contribution in [2.24, 2.45) is 0 Å². The summed E-state index contributed by atoms with van der Waals surface area (Å²) >= 11 is 1.56. The lowest BCUT2D eigenvalue weighted by Gasteiger charge is -2.31. The summed E-state index contributed by atoms with van der Waals surface area (Å²) in [6.45, 7) is 1.47. The largest absolute Gasteiger partial charge is 0.389 e. The predicted octanol–water partition coefficient (Wildman–Crippen LogP) is 4.05. The summed E-state index contributed by atoms with van der Waals surface area (Å²) in [7, 11) is 0. The summed E-state index contributed by atoms with van der Waals surface area (Å²) in [5.41, 5.74) is 0.227. The van der Waals surface area contributed by atoms with Crippen molar-refractivity contribution in [2.45, 2.75) is 68.4 Å². The lowest BCUT2D eigenvalue weighted by molar-refractivity contribution is 0.0272. The Morgan fingerprint density at radius 2 is 1.93 bits per heavy atom. The molecule has 1 saturated heterocycles.